The maximum absolute atomic E-state index is 12.2. The molecule has 1 amide bonds. The van der Waals surface area contributed by atoms with E-state index in [9.17, 15) is 13.2 Å². The Hall–Kier alpha value is -1.51. The number of hydrogen-bond acceptors (Lipinski definition) is 4. The molecule has 116 valence electrons. The summed E-state index contributed by atoms with van der Waals surface area (Å²) < 4.78 is 26.8. The largest absolute Gasteiger partial charge is 0.389 e. The maximum atomic E-state index is 12.2. The van der Waals surface area contributed by atoms with Crippen molar-refractivity contribution in [3.8, 4) is 0 Å². The van der Waals surface area contributed by atoms with Crippen LogP contribution in [0.25, 0.3) is 0 Å². The zero-order chi connectivity index (χ0) is 16.2. The van der Waals surface area contributed by atoms with Gasteiger partial charge >= 0.3 is 0 Å². The quantitative estimate of drug-likeness (QED) is 0.657. The highest BCUT2D eigenvalue weighted by molar-refractivity contribution is 7.89. The summed E-state index contributed by atoms with van der Waals surface area (Å²) in [5.41, 5.74) is 6.83. The first-order valence-electron chi connectivity index (χ1n) is 6.39. The summed E-state index contributed by atoms with van der Waals surface area (Å²) in [6.07, 6.45) is 0. The number of thiocarbonyl (C=S) groups is 1. The highest BCUT2D eigenvalue weighted by Crippen LogP contribution is 2.15. The van der Waals surface area contributed by atoms with Gasteiger partial charge in [-0.05, 0) is 38.5 Å². The lowest BCUT2D eigenvalue weighted by molar-refractivity contribution is -0.122. The first kappa shape index (κ1) is 17.5. The van der Waals surface area contributed by atoms with E-state index < -0.39 is 16.1 Å². The van der Waals surface area contributed by atoms with E-state index in [2.05, 4.69) is 10.0 Å². The number of aryl methyl sites for hydroxylation is 1. The number of rotatable bonds is 6. The van der Waals surface area contributed by atoms with Gasteiger partial charge in [0, 0.05) is 12.1 Å². The molecule has 0 heterocycles. The predicted octanol–water partition coefficient (Wildman–Crippen LogP) is 0.432. The molecule has 21 heavy (non-hydrogen) atoms. The molecule has 0 radical (unpaired) electrons. The van der Waals surface area contributed by atoms with E-state index >= 15 is 0 Å². The molecule has 1 unspecified atom stereocenters. The van der Waals surface area contributed by atoms with Gasteiger partial charge in [0.25, 0.3) is 0 Å². The van der Waals surface area contributed by atoms with E-state index in [-0.39, 0.29) is 15.8 Å². The molecule has 0 aromatic heterocycles. The molecule has 1 aromatic rings. The molecule has 4 N–H and O–H groups in total. The topological polar surface area (TPSA) is 101 Å². The number of nitrogens with two attached hydrogens (primary N) is 1. The maximum Gasteiger partial charge on any atom is 0.241 e. The number of benzene rings is 1. The van der Waals surface area contributed by atoms with Crippen LogP contribution in [0.1, 0.15) is 25.0 Å². The minimum absolute atomic E-state index is 0.0659. The molecule has 8 heteroatoms. The van der Waals surface area contributed by atoms with Crippen LogP contribution >= 0.6 is 12.2 Å². The van der Waals surface area contributed by atoms with Gasteiger partial charge in [-0.15, -0.1) is 0 Å². The third-order valence-corrected chi connectivity index (χ3v) is 4.61. The third kappa shape index (κ3) is 4.48. The van der Waals surface area contributed by atoms with Gasteiger partial charge in [-0.2, -0.15) is 4.72 Å². The van der Waals surface area contributed by atoms with Gasteiger partial charge in [-0.1, -0.05) is 18.3 Å². The molecule has 0 saturated carbocycles. The van der Waals surface area contributed by atoms with Crippen LogP contribution in [0.15, 0.2) is 23.1 Å². The summed E-state index contributed by atoms with van der Waals surface area (Å²) in [5.74, 6) is -0.377. The summed E-state index contributed by atoms with van der Waals surface area (Å²) in [4.78, 5) is 11.9. The van der Waals surface area contributed by atoms with E-state index in [4.69, 9.17) is 18.0 Å². The molecule has 0 aliphatic heterocycles. The number of likely N-dealkylation sites (N-methyl/N-ethyl adjacent to an activating group) is 1. The van der Waals surface area contributed by atoms with Gasteiger partial charge < -0.3 is 11.1 Å². The molecule has 0 spiro atoms. The van der Waals surface area contributed by atoms with Gasteiger partial charge in [-0.3, -0.25) is 4.79 Å². The fourth-order valence-electron chi connectivity index (χ4n) is 1.76. The van der Waals surface area contributed by atoms with E-state index in [0.29, 0.717) is 17.7 Å². The third-order valence-electron chi connectivity index (χ3n) is 2.85. The summed E-state index contributed by atoms with van der Waals surface area (Å²) in [6, 6.07) is 3.59. The fraction of sp³-hybridized carbons (Fsp3) is 0.385. The Labute approximate surface area is 130 Å². The standard InChI is InChI=1S/C13H19N3O3S2/c1-4-15-13(17)9(3)16-21(18,19)10-5-6-11(12(14)20)8(2)7-10/h5-7,9,16H,4H2,1-3H3,(H2,14,20)(H,15,17). The minimum atomic E-state index is -3.78. The molecule has 0 aliphatic rings. The smallest absolute Gasteiger partial charge is 0.241 e. The number of carbonyl (C=O) groups excluding carboxylic acids is 1. The normalized spacial score (nSPS) is 12.7. The highest BCUT2D eigenvalue weighted by atomic mass is 32.2. The van der Waals surface area contributed by atoms with Gasteiger partial charge in [0.05, 0.1) is 10.9 Å². The average Bonchev–Trinajstić information content (AvgIpc) is 2.37. The molecule has 0 saturated heterocycles. The summed E-state index contributed by atoms with van der Waals surface area (Å²) in [6.45, 7) is 5.41. The number of nitrogens with one attached hydrogen (secondary N) is 2. The van der Waals surface area contributed by atoms with Crippen molar-refractivity contribution >= 4 is 33.1 Å². The molecule has 1 rings (SSSR count). The number of sulfonamides is 1. The molecule has 0 fully saturated rings. The number of carbonyl (C=O) groups is 1. The zero-order valence-electron chi connectivity index (χ0n) is 12.1. The second-order valence-electron chi connectivity index (χ2n) is 4.58. The molecule has 1 atom stereocenters. The first-order chi connectivity index (χ1) is 9.69. The predicted molar refractivity (Wildman–Crippen MR) is 85.5 cm³/mol. The monoisotopic (exact) mass is 329 g/mol. The average molecular weight is 329 g/mol. The Balaban J connectivity index is 3.01. The van der Waals surface area contributed by atoms with Crippen LogP contribution < -0.4 is 15.8 Å². The Bertz CT molecular complexity index is 657. The van der Waals surface area contributed by atoms with Crippen LogP contribution in [0.2, 0.25) is 0 Å². The first-order valence-corrected chi connectivity index (χ1v) is 8.28. The van der Waals surface area contributed by atoms with Crippen LogP contribution in [-0.4, -0.2) is 31.9 Å². The Kier molecular flexibility index (Phi) is 5.82. The van der Waals surface area contributed by atoms with Gasteiger partial charge in [0.15, 0.2) is 0 Å². The summed E-state index contributed by atoms with van der Waals surface area (Å²) in [7, 11) is -3.78. The van der Waals surface area contributed by atoms with Gasteiger partial charge in [0.1, 0.15) is 4.99 Å². The zero-order valence-corrected chi connectivity index (χ0v) is 13.8. The van der Waals surface area contributed by atoms with Crippen molar-refractivity contribution in [2.75, 3.05) is 6.54 Å². The Morgan fingerprint density at radius 3 is 2.52 bits per heavy atom. The molecular weight excluding hydrogens is 310 g/mol. The summed E-state index contributed by atoms with van der Waals surface area (Å²) in [5, 5.41) is 2.56. The van der Waals surface area contributed by atoms with Crippen molar-refractivity contribution in [1.82, 2.24) is 10.0 Å². The van der Waals surface area contributed by atoms with Gasteiger partial charge in [-0.25, -0.2) is 8.42 Å². The SMILES string of the molecule is CCNC(=O)C(C)NS(=O)(=O)c1ccc(C(N)=S)c(C)c1. The number of amides is 1. The second-order valence-corrected chi connectivity index (χ2v) is 6.73. The number of hydrogen-bond donors (Lipinski definition) is 3. The van der Waals surface area contributed by atoms with Crippen molar-refractivity contribution in [2.24, 2.45) is 5.73 Å². The highest BCUT2D eigenvalue weighted by Gasteiger charge is 2.22. The summed E-state index contributed by atoms with van der Waals surface area (Å²) >= 11 is 4.88. The fourth-order valence-corrected chi connectivity index (χ4v) is 3.28. The van der Waals surface area contributed by atoms with E-state index in [1.807, 2.05) is 0 Å². The van der Waals surface area contributed by atoms with Crippen LogP contribution in [0.4, 0.5) is 0 Å². The molecular formula is C13H19N3O3S2. The lowest BCUT2D eigenvalue weighted by Crippen LogP contribution is -2.44. The molecule has 1 aromatic carbocycles. The lowest BCUT2D eigenvalue weighted by atomic mass is 10.1. The van der Waals surface area contributed by atoms with E-state index in [0.717, 1.165) is 0 Å². The van der Waals surface area contributed by atoms with Crippen molar-refractivity contribution < 1.29 is 13.2 Å². The van der Waals surface area contributed by atoms with Crippen LogP contribution in [0.3, 0.4) is 0 Å². The Morgan fingerprint density at radius 2 is 2.05 bits per heavy atom. The van der Waals surface area contributed by atoms with Crippen molar-refractivity contribution in [3.05, 3.63) is 29.3 Å². The Morgan fingerprint density at radius 1 is 1.43 bits per heavy atom. The van der Waals surface area contributed by atoms with Crippen molar-refractivity contribution in [2.45, 2.75) is 31.7 Å². The second kappa shape index (κ2) is 6.97. The van der Waals surface area contributed by atoms with Crippen LogP contribution in [0, 0.1) is 6.92 Å². The van der Waals surface area contributed by atoms with E-state index in [1.54, 1.807) is 19.9 Å². The molecule has 0 aliphatic carbocycles. The van der Waals surface area contributed by atoms with Crippen LogP contribution in [-0.2, 0) is 14.8 Å². The minimum Gasteiger partial charge on any atom is -0.389 e. The molecule has 0 bridgehead atoms. The lowest BCUT2D eigenvalue weighted by Gasteiger charge is -2.14. The molecule has 6 nitrogen and oxygen atoms in total. The van der Waals surface area contributed by atoms with Crippen LogP contribution in [0.5, 0.6) is 0 Å². The van der Waals surface area contributed by atoms with Crippen molar-refractivity contribution in [1.29, 1.82) is 0 Å². The van der Waals surface area contributed by atoms with Gasteiger partial charge in [0.2, 0.25) is 15.9 Å². The van der Waals surface area contributed by atoms with E-state index in [1.165, 1.54) is 19.1 Å². The van der Waals surface area contributed by atoms with Crippen molar-refractivity contribution in [3.63, 3.8) is 0 Å².